The maximum atomic E-state index is 14.1. The van der Waals surface area contributed by atoms with Crippen molar-refractivity contribution in [3.8, 4) is 0 Å². The van der Waals surface area contributed by atoms with Gasteiger partial charge < -0.3 is 10.2 Å². The van der Waals surface area contributed by atoms with E-state index in [4.69, 9.17) is 0 Å². The van der Waals surface area contributed by atoms with E-state index in [1.165, 1.54) is 55.4 Å². The van der Waals surface area contributed by atoms with Crippen LogP contribution in [0.15, 0.2) is 78.9 Å². The van der Waals surface area contributed by atoms with E-state index in [9.17, 15) is 26.8 Å². The van der Waals surface area contributed by atoms with Crippen LogP contribution in [0.1, 0.15) is 31.9 Å². The highest BCUT2D eigenvalue weighted by Crippen LogP contribution is 2.22. The summed E-state index contributed by atoms with van der Waals surface area (Å²) in [4.78, 5) is 29.1. The topological polar surface area (TPSA) is 90.0 Å². The monoisotopic (exact) mass is 586 g/mol. The number of benzene rings is 3. The molecule has 0 radical (unpaired) electrons. The minimum absolute atomic E-state index is 0.0777. The summed E-state index contributed by atoms with van der Waals surface area (Å²) in [6.45, 7) is 4.69. The summed E-state index contributed by atoms with van der Waals surface area (Å²) < 4.78 is 55.8. The maximum Gasteiger partial charge on any atom is 0.304 e. The van der Waals surface area contributed by atoms with Crippen LogP contribution in [-0.4, -0.2) is 61.7 Å². The number of anilines is 1. The number of halogens is 2. The Morgan fingerprint density at radius 2 is 1.37 bits per heavy atom. The first-order valence-electron chi connectivity index (χ1n) is 13.0. The highest BCUT2D eigenvalue weighted by Gasteiger charge is 2.35. The van der Waals surface area contributed by atoms with Crippen LogP contribution >= 0.6 is 0 Å². The molecule has 0 unspecified atom stereocenters. The first-order chi connectivity index (χ1) is 19.2. The molecule has 11 heteroatoms. The minimum Gasteiger partial charge on any atom is -0.350 e. The van der Waals surface area contributed by atoms with Crippen molar-refractivity contribution < 1.29 is 26.8 Å². The maximum absolute atomic E-state index is 14.1. The van der Waals surface area contributed by atoms with E-state index >= 15 is 0 Å². The molecule has 1 N–H and O–H groups in total. The first kappa shape index (κ1) is 31.7. The lowest BCUT2D eigenvalue weighted by atomic mass is 10.0. The second-order valence-corrected chi connectivity index (χ2v) is 12.9. The molecule has 8 nitrogen and oxygen atoms in total. The predicted molar refractivity (Wildman–Crippen MR) is 155 cm³/mol. The van der Waals surface area contributed by atoms with E-state index in [1.54, 1.807) is 0 Å². The summed E-state index contributed by atoms with van der Waals surface area (Å²) >= 11 is 0. The zero-order valence-electron chi connectivity index (χ0n) is 23.8. The fourth-order valence-electron chi connectivity index (χ4n) is 4.12. The lowest BCUT2D eigenvalue weighted by molar-refractivity contribution is -0.140. The third kappa shape index (κ3) is 8.83. The summed E-state index contributed by atoms with van der Waals surface area (Å²) in [7, 11) is -1.56. The Kier molecular flexibility index (Phi) is 10.2. The number of hydrogen-bond acceptors (Lipinski definition) is 4. The van der Waals surface area contributed by atoms with Crippen LogP contribution in [0.5, 0.6) is 0 Å². The highest BCUT2D eigenvalue weighted by molar-refractivity contribution is 7.90. The second-order valence-electron chi connectivity index (χ2n) is 10.9. The van der Waals surface area contributed by atoms with Crippen LogP contribution in [-0.2, 0) is 32.8 Å². The van der Waals surface area contributed by atoms with Gasteiger partial charge in [0.25, 0.3) is 0 Å². The Labute approximate surface area is 240 Å². The first-order valence-corrected chi connectivity index (χ1v) is 14.4. The third-order valence-electron chi connectivity index (χ3n) is 6.17. The van der Waals surface area contributed by atoms with Crippen LogP contribution in [0, 0.1) is 11.6 Å². The fraction of sp³-hybridized carbons (Fsp3) is 0.333. The smallest absolute Gasteiger partial charge is 0.304 e. The van der Waals surface area contributed by atoms with Gasteiger partial charge in [0.2, 0.25) is 11.8 Å². The number of carbonyl (C=O) groups excluding carboxylic acids is 2. The number of nitrogens with zero attached hydrogens (tertiary/aromatic N) is 3. The summed E-state index contributed by atoms with van der Waals surface area (Å²) in [6.07, 6.45) is 0.146. The Balaban J connectivity index is 2.10. The van der Waals surface area contributed by atoms with Gasteiger partial charge in [-0.1, -0.05) is 42.5 Å². The van der Waals surface area contributed by atoms with Crippen LogP contribution in [0.2, 0.25) is 0 Å². The van der Waals surface area contributed by atoms with Crippen LogP contribution < -0.4 is 9.62 Å². The quantitative estimate of drug-likeness (QED) is 0.366. The van der Waals surface area contributed by atoms with E-state index in [2.05, 4.69) is 5.32 Å². The van der Waals surface area contributed by atoms with Gasteiger partial charge >= 0.3 is 10.2 Å². The van der Waals surface area contributed by atoms with Crippen molar-refractivity contribution in [3.63, 3.8) is 0 Å². The van der Waals surface area contributed by atoms with Gasteiger partial charge in [-0.25, -0.2) is 13.1 Å². The number of nitrogens with one attached hydrogen (secondary N) is 1. The summed E-state index contributed by atoms with van der Waals surface area (Å²) in [5.74, 6) is -2.13. The molecule has 2 amide bonds. The Morgan fingerprint density at radius 1 is 0.829 bits per heavy atom. The van der Waals surface area contributed by atoms with Crippen molar-refractivity contribution in [2.24, 2.45) is 0 Å². The number of carbonyl (C=O) groups is 2. The molecule has 0 aromatic heterocycles. The van der Waals surface area contributed by atoms with Gasteiger partial charge in [-0.2, -0.15) is 12.7 Å². The molecule has 0 saturated heterocycles. The summed E-state index contributed by atoms with van der Waals surface area (Å²) in [5.41, 5.74) is 0.791. The molecule has 0 bridgehead atoms. The van der Waals surface area contributed by atoms with Crippen molar-refractivity contribution in [1.29, 1.82) is 0 Å². The number of hydrogen-bond donors (Lipinski definition) is 1. The van der Waals surface area contributed by atoms with Gasteiger partial charge in [0.05, 0.1) is 5.69 Å². The molecule has 0 aliphatic heterocycles. The largest absolute Gasteiger partial charge is 0.350 e. The van der Waals surface area contributed by atoms with Gasteiger partial charge in [-0.3, -0.25) is 9.59 Å². The molecule has 3 rings (SSSR count). The van der Waals surface area contributed by atoms with E-state index in [1.807, 2.05) is 51.1 Å². The summed E-state index contributed by atoms with van der Waals surface area (Å²) in [5, 5.41) is 2.93. The van der Waals surface area contributed by atoms with E-state index in [0.717, 1.165) is 26.3 Å². The van der Waals surface area contributed by atoms with Gasteiger partial charge in [0.1, 0.15) is 24.2 Å². The lowest BCUT2D eigenvalue weighted by Crippen LogP contribution is -2.56. The van der Waals surface area contributed by atoms with Gasteiger partial charge in [-0.05, 0) is 68.3 Å². The van der Waals surface area contributed by atoms with E-state index in [0.29, 0.717) is 5.56 Å². The molecule has 0 aliphatic carbocycles. The fourth-order valence-corrected chi connectivity index (χ4v) is 5.17. The summed E-state index contributed by atoms with van der Waals surface area (Å²) in [6, 6.07) is 18.3. The second kappa shape index (κ2) is 13.2. The van der Waals surface area contributed by atoms with Crippen LogP contribution in [0.4, 0.5) is 14.5 Å². The zero-order chi connectivity index (χ0) is 30.4. The molecule has 1 atom stereocenters. The molecule has 0 fully saturated rings. The normalized spacial score (nSPS) is 12.6. The Hall–Kier alpha value is -3.83. The van der Waals surface area contributed by atoms with Crippen LogP contribution in [0.3, 0.4) is 0 Å². The molecule has 41 heavy (non-hydrogen) atoms. The molecular weight excluding hydrogens is 550 g/mol. The van der Waals surface area contributed by atoms with E-state index < -0.39 is 51.8 Å². The lowest BCUT2D eigenvalue weighted by Gasteiger charge is -2.35. The molecule has 3 aromatic carbocycles. The molecule has 0 saturated carbocycles. The van der Waals surface area contributed by atoms with Crippen molar-refractivity contribution in [2.45, 2.75) is 45.3 Å². The minimum atomic E-state index is -4.20. The molecular formula is C30H36F2N4O4S. The third-order valence-corrected chi connectivity index (χ3v) is 7.99. The number of rotatable bonds is 11. The van der Waals surface area contributed by atoms with Crippen molar-refractivity contribution >= 4 is 27.7 Å². The molecule has 220 valence electrons. The van der Waals surface area contributed by atoms with Gasteiger partial charge in [0, 0.05) is 32.6 Å². The average Bonchev–Trinajstić information content (AvgIpc) is 2.90. The molecule has 0 spiro atoms. The van der Waals surface area contributed by atoms with Gasteiger partial charge in [-0.15, -0.1) is 0 Å². The van der Waals surface area contributed by atoms with Crippen LogP contribution in [0.25, 0.3) is 0 Å². The number of amides is 2. The highest BCUT2D eigenvalue weighted by atomic mass is 32.2. The zero-order valence-corrected chi connectivity index (χ0v) is 24.7. The van der Waals surface area contributed by atoms with E-state index in [-0.39, 0.29) is 18.7 Å². The molecule has 0 aliphatic rings. The van der Waals surface area contributed by atoms with Crippen molar-refractivity contribution in [2.75, 3.05) is 24.9 Å². The van der Waals surface area contributed by atoms with Crippen molar-refractivity contribution in [3.05, 3.63) is 102 Å². The Bertz CT molecular complexity index is 1430. The SMILES string of the molecule is CN(C)S(=O)(=O)N(CC(=O)N(Cc1ccc(F)cc1)[C@H](Cc1ccccc1)C(=O)NC(C)(C)C)c1ccc(F)cc1. The average molecular weight is 587 g/mol. The molecule has 3 aromatic rings. The molecule has 0 heterocycles. The predicted octanol–water partition coefficient (Wildman–Crippen LogP) is 4.13. The Morgan fingerprint density at radius 3 is 1.88 bits per heavy atom. The van der Waals surface area contributed by atoms with Crippen molar-refractivity contribution in [1.82, 2.24) is 14.5 Å². The van der Waals surface area contributed by atoms with Gasteiger partial charge in [0.15, 0.2) is 0 Å². The standard InChI is InChI=1S/C30H36F2N4O4S/c1-30(2,3)33-29(38)27(19-22-9-7-6-8-10-22)35(20-23-11-13-24(31)14-12-23)28(37)21-36(41(39,40)34(4)5)26-17-15-25(32)16-18-26/h6-18,27H,19-21H2,1-5H3,(H,33,38)/t27-/m1/s1.